The van der Waals surface area contributed by atoms with Crippen molar-refractivity contribution in [1.29, 1.82) is 0 Å². The van der Waals surface area contributed by atoms with Gasteiger partial charge in [-0.2, -0.15) is 0 Å². The second kappa shape index (κ2) is 5.75. The summed E-state index contributed by atoms with van der Waals surface area (Å²) in [5.74, 6) is 0.339. The number of nitrogens with one attached hydrogen (secondary N) is 1. The largest absolute Gasteiger partial charge is 0.495 e. The highest BCUT2D eigenvalue weighted by Crippen LogP contribution is 2.27. The van der Waals surface area contributed by atoms with Gasteiger partial charge in [0.2, 0.25) is 0 Å². The van der Waals surface area contributed by atoms with Gasteiger partial charge in [-0.05, 0) is 46.3 Å². The number of rotatable bonds is 3. The van der Waals surface area contributed by atoms with Crippen LogP contribution in [-0.4, -0.2) is 13.0 Å². The van der Waals surface area contributed by atoms with Crippen LogP contribution in [0, 0.1) is 0 Å². The Labute approximate surface area is 119 Å². The van der Waals surface area contributed by atoms with Crippen LogP contribution in [0.2, 0.25) is 0 Å². The number of benzene rings is 2. The minimum atomic E-state index is -0.226. The van der Waals surface area contributed by atoms with Gasteiger partial charge in [0.25, 0.3) is 5.91 Å². The Hall–Kier alpha value is -2.01. The summed E-state index contributed by atoms with van der Waals surface area (Å²) in [5.41, 5.74) is 7.36. The predicted molar refractivity (Wildman–Crippen MR) is 79.5 cm³/mol. The highest BCUT2D eigenvalue weighted by molar-refractivity contribution is 9.10. The highest BCUT2D eigenvalue weighted by Gasteiger charge is 2.12. The first kappa shape index (κ1) is 13.4. The molecular formula is C14H13BrN2O2. The summed E-state index contributed by atoms with van der Waals surface area (Å²) in [7, 11) is 1.54. The Bertz CT molecular complexity index is 614. The summed E-state index contributed by atoms with van der Waals surface area (Å²) >= 11 is 3.34. The fraction of sp³-hybridized carbons (Fsp3) is 0.0714. The lowest BCUT2D eigenvalue weighted by Gasteiger charge is -2.11. The van der Waals surface area contributed by atoms with Crippen molar-refractivity contribution in [3.63, 3.8) is 0 Å². The van der Waals surface area contributed by atoms with Crippen LogP contribution in [-0.2, 0) is 0 Å². The Morgan fingerprint density at radius 2 is 2.00 bits per heavy atom. The average molecular weight is 321 g/mol. The monoisotopic (exact) mass is 320 g/mol. The predicted octanol–water partition coefficient (Wildman–Crippen LogP) is 3.29. The van der Waals surface area contributed by atoms with Crippen LogP contribution in [0.5, 0.6) is 5.75 Å². The number of anilines is 2. The topological polar surface area (TPSA) is 64.3 Å². The molecule has 0 unspecified atom stereocenters. The lowest BCUT2D eigenvalue weighted by atomic mass is 10.2. The molecule has 0 bridgehead atoms. The van der Waals surface area contributed by atoms with E-state index in [0.717, 1.165) is 4.47 Å². The van der Waals surface area contributed by atoms with Crippen molar-refractivity contribution in [2.75, 3.05) is 18.2 Å². The first-order valence-corrected chi connectivity index (χ1v) is 6.40. The zero-order valence-electron chi connectivity index (χ0n) is 10.3. The Morgan fingerprint density at radius 3 is 2.68 bits per heavy atom. The maximum atomic E-state index is 12.2. The molecule has 0 atom stereocenters. The zero-order valence-corrected chi connectivity index (χ0v) is 11.9. The van der Waals surface area contributed by atoms with E-state index in [4.69, 9.17) is 10.5 Å². The first-order chi connectivity index (χ1) is 9.11. The normalized spacial score (nSPS) is 10.0. The Morgan fingerprint density at radius 1 is 1.26 bits per heavy atom. The molecule has 0 radical (unpaired) electrons. The molecule has 0 aliphatic rings. The van der Waals surface area contributed by atoms with Crippen molar-refractivity contribution in [2.24, 2.45) is 0 Å². The SMILES string of the molecule is COc1ccc(N)cc1NC(=O)c1ccccc1Br. The summed E-state index contributed by atoms with van der Waals surface area (Å²) in [6.45, 7) is 0. The third-order valence-corrected chi connectivity index (χ3v) is 3.28. The van der Waals surface area contributed by atoms with Crippen molar-refractivity contribution in [3.8, 4) is 5.75 Å². The summed E-state index contributed by atoms with van der Waals surface area (Å²) in [6.07, 6.45) is 0. The van der Waals surface area contributed by atoms with Crippen LogP contribution >= 0.6 is 15.9 Å². The summed E-state index contributed by atoms with van der Waals surface area (Å²) in [5, 5.41) is 2.79. The number of carbonyl (C=O) groups excluding carboxylic acids is 1. The molecule has 0 aliphatic carbocycles. The Balaban J connectivity index is 2.29. The van der Waals surface area contributed by atoms with Crippen molar-refractivity contribution in [3.05, 3.63) is 52.5 Å². The van der Waals surface area contributed by atoms with Gasteiger partial charge in [-0.15, -0.1) is 0 Å². The van der Waals surface area contributed by atoms with Crippen LogP contribution in [0.4, 0.5) is 11.4 Å². The number of carbonyl (C=O) groups is 1. The molecule has 19 heavy (non-hydrogen) atoms. The highest BCUT2D eigenvalue weighted by atomic mass is 79.9. The number of amides is 1. The molecule has 3 N–H and O–H groups in total. The number of methoxy groups -OCH3 is 1. The molecular weight excluding hydrogens is 308 g/mol. The van der Waals surface area contributed by atoms with Crippen LogP contribution < -0.4 is 15.8 Å². The van der Waals surface area contributed by atoms with E-state index in [-0.39, 0.29) is 5.91 Å². The van der Waals surface area contributed by atoms with E-state index >= 15 is 0 Å². The number of hydrogen-bond donors (Lipinski definition) is 2. The lowest BCUT2D eigenvalue weighted by Crippen LogP contribution is -2.13. The molecule has 0 saturated heterocycles. The Kier molecular flexibility index (Phi) is 4.06. The van der Waals surface area contributed by atoms with E-state index in [0.29, 0.717) is 22.7 Å². The fourth-order valence-corrected chi connectivity index (χ4v) is 2.12. The van der Waals surface area contributed by atoms with Gasteiger partial charge >= 0.3 is 0 Å². The van der Waals surface area contributed by atoms with Gasteiger partial charge < -0.3 is 15.8 Å². The van der Waals surface area contributed by atoms with E-state index in [1.54, 1.807) is 37.4 Å². The number of hydrogen-bond acceptors (Lipinski definition) is 3. The lowest BCUT2D eigenvalue weighted by molar-refractivity contribution is 0.102. The minimum absolute atomic E-state index is 0.226. The minimum Gasteiger partial charge on any atom is -0.495 e. The van der Waals surface area contributed by atoms with Crippen LogP contribution in [0.25, 0.3) is 0 Å². The summed E-state index contributed by atoms with van der Waals surface area (Å²) < 4.78 is 5.92. The van der Waals surface area contributed by atoms with Gasteiger partial charge in [0, 0.05) is 10.2 Å². The quantitative estimate of drug-likeness (QED) is 0.853. The second-order valence-corrected chi connectivity index (χ2v) is 4.75. The molecule has 0 aliphatic heterocycles. The average Bonchev–Trinajstić information content (AvgIpc) is 2.39. The van der Waals surface area contributed by atoms with Crippen molar-refractivity contribution >= 4 is 33.2 Å². The van der Waals surface area contributed by atoms with Crippen molar-refractivity contribution in [1.82, 2.24) is 0 Å². The van der Waals surface area contributed by atoms with Gasteiger partial charge in [0.15, 0.2) is 0 Å². The van der Waals surface area contributed by atoms with Crippen LogP contribution in [0.1, 0.15) is 10.4 Å². The van der Waals surface area contributed by atoms with E-state index in [1.807, 2.05) is 12.1 Å². The maximum absolute atomic E-state index is 12.2. The molecule has 0 spiro atoms. The molecule has 2 rings (SSSR count). The fourth-order valence-electron chi connectivity index (χ4n) is 1.66. The van der Waals surface area contributed by atoms with E-state index in [2.05, 4.69) is 21.2 Å². The molecule has 2 aromatic rings. The molecule has 1 amide bonds. The smallest absolute Gasteiger partial charge is 0.256 e. The van der Waals surface area contributed by atoms with Gasteiger partial charge in [-0.25, -0.2) is 0 Å². The zero-order chi connectivity index (χ0) is 13.8. The summed E-state index contributed by atoms with van der Waals surface area (Å²) in [6, 6.07) is 12.3. The number of halogens is 1. The van der Waals surface area contributed by atoms with Gasteiger partial charge in [0.05, 0.1) is 18.4 Å². The van der Waals surface area contributed by atoms with Crippen LogP contribution in [0.15, 0.2) is 46.9 Å². The first-order valence-electron chi connectivity index (χ1n) is 5.61. The standard InChI is InChI=1S/C14H13BrN2O2/c1-19-13-7-6-9(16)8-12(13)17-14(18)10-4-2-3-5-11(10)15/h2-8H,16H2,1H3,(H,17,18). The number of nitrogens with two attached hydrogens (primary N) is 1. The number of ether oxygens (including phenoxy) is 1. The maximum Gasteiger partial charge on any atom is 0.256 e. The van der Waals surface area contributed by atoms with Crippen LogP contribution in [0.3, 0.4) is 0 Å². The van der Waals surface area contributed by atoms with Crippen molar-refractivity contribution in [2.45, 2.75) is 0 Å². The van der Waals surface area contributed by atoms with E-state index in [9.17, 15) is 4.79 Å². The van der Waals surface area contributed by atoms with Gasteiger partial charge in [0.1, 0.15) is 5.75 Å². The molecule has 0 saturated carbocycles. The number of nitrogen functional groups attached to an aromatic ring is 1. The third kappa shape index (κ3) is 3.06. The third-order valence-electron chi connectivity index (χ3n) is 2.59. The second-order valence-electron chi connectivity index (χ2n) is 3.89. The summed E-state index contributed by atoms with van der Waals surface area (Å²) in [4.78, 5) is 12.2. The molecule has 0 fully saturated rings. The molecule has 0 aromatic heterocycles. The molecule has 2 aromatic carbocycles. The van der Waals surface area contributed by atoms with Gasteiger partial charge in [-0.3, -0.25) is 4.79 Å². The van der Waals surface area contributed by atoms with E-state index < -0.39 is 0 Å². The molecule has 98 valence electrons. The van der Waals surface area contributed by atoms with Gasteiger partial charge in [-0.1, -0.05) is 12.1 Å². The van der Waals surface area contributed by atoms with E-state index in [1.165, 1.54) is 0 Å². The van der Waals surface area contributed by atoms with Crippen molar-refractivity contribution < 1.29 is 9.53 Å². The molecule has 0 heterocycles. The molecule has 4 nitrogen and oxygen atoms in total. The molecule has 5 heteroatoms.